The number of allylic oxidation sites excluding steroid dienone is 1. The summed E-state index contributed by atoms with van der Waals surface area (Å²) in [4.78, 5) is 1.84. The second-order valence-corrected chi connectivity index (χ2v) is 2.89. The first-order chi connectivity index (χ1) is 6.02. The van der Waals surface area contributed by atoms with Crippen molar-refractivity contribution >= 4 is 0 Å². The predicted molar refractivity (Wildman–Crippen MR) is 53.0 cm³/mol. The molecule has 0 amide bonds. The van der Waals surface area contributed by atoms with E-state index in [-0.39, 0.29) is 0 Å². The zero-order valence-electron chi connectivity index (χ0n) is 8.43. The van der Waals surface area contributed by atoms with E-state index in [4.69, 9.17) is 4.74 Å². The van der Waals surface area contributed by atoms with Gasteiger partial charge >= 0.3 is 0 Å². The van der Waals surface area contributed by atoms with Crippen LogP contribution in [0.25, 0.3) is 0 Å². The fraction of sp³-hybridized carbons (Fsp3) is 0.400. The van der Waals surface area contributed by atoms with Gasteiger partial charge in [-0.3, -0.25) is 0 Å². The average Bonchev–Trinajstić information content (AvgIpc) is 2.04. The second kappa shape index (κ2) is 5.54. The van der Waals surface area contributed by atoms with Crippen LogP contribution in [0.4, 0.5) is 4.39 Å². The first-order valence-corrected chi connectivity index (χ1v) is 3.92. The lowest BCUT2D eigenvalue weighted by Gasteiger charge is -2.14. The minimum atomic E-state index is -0.481. The predicted octanol–water partition coefficient (Wildman–Crippen LogP) is 2.12. The molecule has 0 N–H and O–H groups in total. The second-order valence-electron chi connectivity index (χ2n) is 2.89. The van der Waals surface area contributed by atoms with Crippen molar-refractivity contribution in [2.24, 2.45) is 0 Å². The molecule has 0 aliphatic rings. The lowest BCUT2D eigenvalue weighted by molar-refractivity contribution is 0.295. The molecule has 0 saturated carbocycles. The van der Waals surface area contributed by atoms with E-state index in [0.29, 0.717) is 17.9 Å². The van der Waals surface area contributed by atoms with E-state index in [1.165, 1.54) is 13.2 Å². The van der Waals surface area contributed by atoms with Gasteiger partial charge in [0, 0.05) is 12.1 Å². The summed E-state index contributed by atoms with van der Waals surface area (Å²) in [5, 5.41) is 0. The number of halogens is 1. The van der Waals surface area contributed by atoms with Crippen LogP contribution in [0.5, 0.6) is 0 Å². The quantitative estimate of drug-likeness (QED) is 0.480. The minimum Gasteiger partial charge on any atom is -0.496 e. The smallest absolute Gasteiger partial charge is 0.125 e. The van der Waals surface area contributed by atoms with Gasteiger partial charge in [0.05, 0.1) is 7.11 Å². The van der Waals surface area contributed by atoms with Crippen LogP contribution in [0.15, 0.2) is 36.4 Å². The summed E-state index contributed by atoms with van der Waals surface area (Å²) in [6.45, 7) is 7.23. The highest BCUT2D eigenvalue weighted by molar-refractivity contribution is 5.32. The highest BCUT2D eigenvalue weighted by Gasteiger charge is 2.09. The van der Waals surface area contributed by atoms with Gasteiger partial charge in [-0.2, -0.15) is 0 Å². The van der Waals surface area contributed by atoms with Gasteiger partial charge in [0.25, 0.3) is 0 Å². The Bertz CT molecular complexity index is 231. The van der Waals surface area contributed by atoms with Crippen molar-refractivity contribution in [1.82, 2.24) is 4.90 Å². The molecular weight excluding hydrogens is 169 g/mol. The van der Waals surface area contributed by atoms with Crippen LogP contribution in [0.1, 0.15) is 0 Å². The van der Waals surface area contributed by atoms with Gasteiger partial charge in [0.2, 0.25) is 0 Å². The van der Waals surface area contributed by atoms with Gasteiger partial charge in [0.15, 0.2) is 0 Å². The molecule has 0 rings (SSSR count). The highest BCUT2D eigenvalue weighted by atomic mass is 19.1. The first kappa shape index (κ1) is 11.9. The van der Waals surface area contributed by atoms with Gasteiger partial charge < -0.3 is 9.64 Å². The standard InChI is InChI=1S/C10H16FNO/c1-6-10(13-5)9(8(2)11)7-12(3)4/h6H,1-2,7H2,3-5H3/b10-9+. The molecule has 0 spiro atoms. The maximum atomic E-state index is 12.9. The van der Waals surface area contributed by atoms with Crippen LogP contribution in [0.2, 0.25) is 0 Å². The summed E-state index contributed by atoms with van der Waals surface area (Å²) >= 11 is 0. The van der Waals surface area contributed by atoms with Crippen LogP contribution in [0.3, 0.4) is 0 Å². The van der Waals surface area contributed by atoms with E-state index in [9.17, 15) is 4.39 Å². The molecule has 0 atom stereocenters. The number of likely N-dealkylation sites (N-methyl/N-ethyl adjacent to an activating group) is 1. The Balaban J connectivity index is 4.85. The molecule has 0 aromatic carbocycles. The number of ether oxygens (including phenoxy) is 1. The third kappa shape index (κ3) is 3.90. The number of hydrogen-bond donors (Lipinski definition) is 0. The summed E-state index contributed by atoms with van der Waals surface area (Å²) in [6, 6.07) is 0. The third-order valence-corrected chi connectivity index (χ3v) is 1.50. The number of hydrogen-bond acceptors (Lipinski definition) is 2. The Morgan fingerprint density at radius 2 is 2.08 bits per heavy atom. The molecule has 0 fully saturated rings. The molecule has 3 heteroatoms. The summed E-state index contributed by atoms with van der Waals surface area (Å²) in [6.07, 6.45) is 1.48. The van der Waals surface area contributed by atoms with Crippen LogP contribution >= 0.6 is 0 Å². The number of nitrogens with zero attached hydrogens (tertiary/aromatic N) is 1. The molecule has 0 aliphatic carbocycles. The van der Waals surface area contributed by atoms with Crippen molar-refractivity contribution in [2.45, 2.75) is 0 Å². The largest absolute Gasteiger partial charge is 0.496 e. The topological polar surface area (TPSA) is 12.5 Å². The summed E-state index contributed by atoms with van der Waals surface area (Å²) in [5.41, 5.74) is 0.433. The van der Waals surface area contributed by atoms with Crippen LogP contribution in [-0.2, 0) is 4.74 Å². The van der Waals surface area contributed by atoms with E-state index < -0.39 is 5.83 Å². The third-order valence-electron chi connectivity index (χ3n) is 1.50. The van der Waals surface area contributed by atoms with Crippen molar-refractivity contribution in [1.29, 1.82) is 0 Å². The van der Waals surface area contributed by atoms with Crippen molar-refractivity contribution in [3.05, 3.63) is 36.4 Å². The van der Waals surface area contributed by atoms with Crippen LogP contribution < -0.4 is 0 Å². The van der Waals surface area contributed by atoms with E-state index in [1.54, 1.807) is 0 Å². The number of methoxy groups -OCH3 is 1. The summed E-state index contributed by atoms with van der Waals surface area (Å²) in [7, 11) is 5.17. The highest BCUT2D eigenvalue weighted by Crippen LogP contribution is 2.16. The lowest BCUT2D eigenvalue weighted by atomic mass is 10.2. The zero-order chi connectivity index (χ0) is 10.4. The Morgan fingerprint density at radius 3 is 2.31 bits per heavy atom. The van der Waals surface area contributed by atoms with Gasteiger partial charge in [0.1, 0.15) is 11.6 Å². The summed E-state index contributed by atoms with van der Waals surface area (Å²) in [5.74, 6) is -0.0494. The van der Waals surface area contributed by atoms with Gasteiger partial charge in [-0.1, -0.05) is 13.2 Å². The summed E-state index contributed by atoms with van der Waals surface area (Å²) < 4.78 is 17.9. The fourth-order valence-electron chi connectivity index (χ4n) is 0.943. The first-order valence-electron chi connectivity index (χ1n) is 3.92. The molecule has 0 radical (unpaired) electrons. The molecule has 0 heterocycles. The van der Waals surface area contributed by atoms with Crippen molar-refractivity contribution < 1.29 is 9.13 Å². The average molecular weight is 185 g/mol. The molecule has 13 heavy (non-hydrogen) atoms. The molecule has 2 nitrogen and oxygen atoms in total. The fourth-order valence-corrected chi connectivity index (χ4v) is 0.943. The van der Waals surface area contributed by atoms with Gasteiger partial charge in [-0.25, -0.2) is 4.39 Å². The molecule has 0 aliphatic heterocycles. The van der Waals surface area contributed by atoms with E-state index >= 15 is 0 Å². The molecule has 0 unspecified atom stereocenters. The number of rotatable bonds is 5. The molecule has 0 saturated heterocycles. The maximum absolute atomic E-state index is 12.9. The van der Waals surface area contributed by atoms with Crippen molar-refractivity contribution in [2.75, 3.05) is 27.7 Å². The van der Waals surface area contributed by atoms with Crippen LogP contribution in [0, 0.1) is 0 Å². The van der Waals surface area contributed by atoms with E-state index in [2.05, 4.69) is 13.2 Å². The SMILES string of the molecule is C=C/C(OC)=C(/CN(C)C)C(=C)F. The van der Waals surface area contributed by atoms with Crippen molar-refractivity contribution in [3.63, 3.8) is 0 Å². The van der Waals surface area contributed by atoms with Crippen molar-refractivity contribution in [3.8, 4) is 0 Å². The molecule has 0 aromatic rings. The Morgan fingerprint density at radius 1 is 1.54 bits per heavy atom. The van der Waals surface area contributed by atoms with Gasteiger partial charge in [-0.05, 0) is 20.2 Å². The Kier molecular flexibility index (Phi) is 5.07. The molecular formula is C10H16FNO. The minimum absolute atomic E-state index is 0.432. The molecule has 0 aromatic heterocycles. The monoisotopic (exact) mass is 185 g/mol. The normalized spacial score (nSPS) is 12.4. The Labute approximate surface area is 79.0 Å². The van der Waals surface area contributed by atoms with E-state index in [0.717, 1.165) is 0 Å². The lowest BCUT2D eigenvalue weighted by Crippen LogP contribution is -2.16. The van der Waals surface area contributed by atoms with E-state index in [1.807, 2.05) is 19.0 Å². The Hall–Kier alpha value is -1.09. The molecule has 0 bridgehead atoms. The van der Waals surface area contributed by atoms with Gasteiger partial charge in [-0.15, -0.1) is 0 Å². The van der Waals surface area contributed by atoms with Crippen LogP contribution in [-0.4, -0.2) is 32.6 Å². The molecule has 74 valence electrons. The maximum Gasteiger partial charge on any atom is 0.125 e. The zero-order valence-corrected chi connectivity index (χ0v) is 8.43.